The van der Waals surface area contributed by atoms with E-state index in [4.69, 9.17) is 5.73 Å². The molecular formula is C16H22N2O. The lowest BCUT2D eigenvalue weighted by Gasteiger charge is -2.29. The van der Waals surface area contributed by atoms with E-state index in [1.165, 1.54) is 30.4 Å². The first kappa shape index (κ1) is 12.7. The van der Waals surface area contributed by atoms with Crippen molar-refractivity contribution in [3.05, 3.63) is 34.9 Å². The van der Waals surface area contributed by atoms with E-state index in [9.17, 15) is 4.79 Å². The van der Waals surface area contributed by atoms with Crippen molar-refractivity contribution in [2.75, 3.05) is 6.54 Å². The van der Waals surface area contributed by atoms with Crippen LogP contribution in [0.15, 0.2) is 18.2 Å². The Labute approximate surface area is 114 Å². The minimum absolute atomic E-state index is 0.0751. The summed E-state index contributed by atoms with van der Waals surface area (Å²) in [6.45, 7) is 0.549. The van der Waals surface area contributed by atoms with Gasteiger partial charge in [-0.15, -0.1) is 0 Å². The Balaban J connectivity index is 1.83. The highest BCUT2D eigenvalue weighted by molar-refractivity contribution is 5.96. The molecule has 3 nitrogen and oxygen atoms in total. The van der Waals surface area contributed by atoms with Crippen LogP contribution in [0, 0.1) is 0 Å². The van der Waals surface area contributed by atoms with Crippen LogP contribution >= 0.6 is 0 Å². The largest absolute Gasteiger partial charge is 0.345 e. The topological polar surface area (TPSA) is 55.1 Å². The van der Waals surface area contributed by atoms with Crippen molar-refractivity contribution in [1.82, 2.24) is 5.32 Å². The molecule has 0 radical (unpaired) electrons. The number of hydrogen-bond donors (Lipinski definition) is 2. The lowest BCUT2D eigenvalue weighted by Crippen LogP contribution is -2.51. The van der Waals surface area contributed by atoms with Crippen molar-refractivity contribution < 1.29 is 4.79 Å². The van der Waals surface area contributed by atoms with Crippen molar-refractivity contribution in [3.63, 3.8) is 0 Å². The number of nitrogens with two attached hydrogens (primary N) is 1. The highest BCUT2D eigenvalue weighted by Gasteiger charge is 2.34. The Hall–Kier alpha value is -1.35. The van der Waals surface area contributed by atoms with Gasteiger partial charge in [0.2, 0.25) is 0 Å². The monoisotopic (exact) mass is 258 g/mol. The number of benzene rings is 1. The lowest BCUT2D eigenvalue weighted by atomic mass is 9.96. The molecule has 1 saturated carbocycles. The van der Waals surface area contributed by atoms with Crippen LogP contribution in [-0.2, 0) is 12.8 Å². The van der Waals surface area contributed by atoms with Gasteiger partial charge in [-0.3, -0.25) is 4.79 Å². The fourth-order valence-electron chi connectivity index (χ4n) is 3.57. The lowest BCUT2D eigenvalue weighted by molar-refractivity contribution is 0.0902. The second-order valence-electron chi connectivity index (χ2n) is 5.94. The standard InChI is InChI=1S/C16H22N2O/c17-11-16(9-1-2-10-16)18-15(19)14-8-4-6-12-5-3-7-13(12)14/h4,6,8H,1-3,5,7,9-11,17H2,(H,18,19). The molecular weight excluding hydrogens is 236 g/mol. The second-order valence-corrected chi connectivity index (χ2v) is 5.94. The first-order chi connectivity index (χ1) is 9.24. The number of hydrogen-bond acceptors (Lipinski definition) is 2. The summed E-state index contributed by atoms with van der Waals surface area (Å²) in [7, 11) is 0. The Morgan fingerprint density at radius 1 is 1.21 bits per heavy atom. The fourth-order valence-corrected chi connectivity index (χ4v) is 3.57. The minimum atomic E-state index is -0.154. The summed E-state index contributed by atoms with van der Waals surface area (Å²) in [6, 6.07) is 6.11. The third-order valence-electron chi connectivity index (χ3n) is 4.72. The molecule has 2 aliphatic rings. The van der Waals surface area contributed by atoms with E-state index >= 15 is 0 Å². The maximum Gasteiger partial charge on any atom is 0.252 e. The van der Waals surface area contributed by atoms with Crippen LogP contribution in [0.25, 0.3) is 0 Å². The number of carbonyl (C=O) groups excluding carboxylic acids is 1. The number of fused-ring (bicyclic) bond motifs is 1. The molecule has 3 heteroatoms. The molecule has 1 aromatic carbocycles. The van der Waals surface area contributed by atoms with E-state index < -0.39 is 0 Å². The van der Waals surface area contributed by atoms with Gasteiger partial charge in [-0.05, 0) is 49.3 Å². The molecule has 0 spiro atoms. The third kappa shape index (κ3) is 2.27. The molecule has 1 fully saturated rings. The predicted octanol–water partition coefficient (Wildman–Crippen LogP) is 2.18. The highest BCUT2D eigenvalue weighted by atomic mass is 16.1. The average molecular weight is 258 g/mol. The van der Waals surface area contributed by atoms with Crippen LogP contribution in [-0.4, -0.2) is 18.0 Å². The number of rotatable bonds is 3. The van der Waals surface area contributed by atoms with Crippen LogP contribution in [0.4, 0.5) is 0 Å². The molecule has 0 saturated heterocycles. The van der Waals surface area contributed by atoms with Gasteiger partial charge in [0, 0.05) is 12.1 Å². The Bertz CT molecular complexity index is 490. The summed E-state index contributed by atoms with van der Waals surface area (Å²) in [4.78, 5) is 12.6. The van der Waals surface area contributed by atoms with Crippen molar-refractivity contribution >= 4 is 5.91 Å². The smallest absolute Gasteiger partial charge is 0.252 e. The minimum Gasteiger partial charge on any atom is -0.345 e. The summed E-state index contributed by atoms with van der Waals surface area (Å²) < 4.78 is 0. The molecule has 0 unspecified atom stereocenters. The van der Waals surface area contributed by atoms with Crippen LogP contribution in [0.2, 0.25) is 0 Å². The molecule has 0 aliphatic heterocycles. The van der Waals surface area contributed by atoms with Crippen LogP contribution in [0.1, 0.15) is 53.6 Å². The van der Waals surface area contributed by atoms with E-state index in [1.54, 1.807) is 0 Å². The molecule has 0 heterocycles. The van der Waals surface area contributed by atoms with E-state index in [0.29, 0.717) is 6.54 Å². The van der Waals surface area contributed by atoms with Gasteiger partial charge in [0.15, 0.2) is 0 Å². The summed E-state index contributed by atoms with van der Waals surface area (Å²) in [5, 5.41) is 3.22. The molecule has 2 aliphatic carbocycles. The Kier molecular flexibility index (Phi) is 3.31. The number of amides is 1. The molecule has 0 aromatic heterocycles. The van der Waals surface area contributed by atoms with Gasteiger partial charge in [0.05, 0.1) is 5.54 Å². The number of aryl methyl sites for hydroxylation is 1. The summed E-state index contributed by atoms with van der Waals surface area (Å²) in [5.74, 6) is 0.0751. The first-order valence-electron chi connectivity index (χ1n) is 7.37. The predicted molar refractivity (Wildman–Crippen MR) is 76.2 cm³/mol. The zero-order chi connectivity index (χ0) is 13.3. The van der Waals surface area contributed by atoms with Crippen LogP contribution < -0.4 is 11.1 Å². The normalized spacial score (nSPS) is 20.3. The number of nitrogens with one attached hydrogen (secondary N) is 1. The zero-order valence-electron chi connectivity index (χ0n) is 11.4. The van der Waals surface area contributed by atoms with E-state index in [0.717, 1.165) is 31.2 Å². The Morgan fingerprint density at radius 2 is 2.00 bits per heavy atom. The van der Waals surface area contributed by atoms with Gasteiger partial charge in [0.1, 0.15) is 0 Å². The highest BCUT2D eigenvalue weighted by Crippen LogP contribution is 2.30. The van der Waals surface area contributed by atoms with E-state index in [-0.39, 0.29) is 11.4 Å². The van der Waals surface area contributed by atoms with E-state index in [2.05, 4.69) is 11.4 Å². The molecule has 1 aromatic rings. The molecule has 1 amide bonds. The number of carbonyl (C=O) groups is 1. The summed E-state index contributed by atoms with van der Waals surface area (Å²) in [6.07, 6.45) is 7.69. The van der Waals surface area contributed by atoms with Gasteiger partial charge >= 0.3 is 0 Å². The summed E-state index contributed by atoms with van der Waals surface area (Å²) >= 11 is 0. The maximum absolute atomic E-state index is 12.6. The van der Waals surface area contributed by atoms with Gasteiger partial charge in [-0.2, -0.15) is 0 Å². The van der Waals surface area contributed by atoms with Crippen molar-refractivity contribution in [3.8, 4) is 0 Å². The molecule has 3 rings (SSSR count). The molecule has 102 valence electrons. The van der Waals surface area contributed by atoms with Gasteiger partial charge in [-0.25, -0.2) is 0 Å². The van der Waals surface area contributed by atoms with Crippen molar-refractivity contribution in [2.24, 2.45) is 5.73 Å². The van der Waals surface area contributed by atoms with Crippen LogP contribution in [0.5, 0.6) is 0 Å². The van der Waals surface area contributed by atoms with Gasteiger partial charge in [-0.1, -0.05) is 25.0 Å². The van der Waals surface area contributed by atoms with Crippen LogP contribution in [0.3, 0.4) is 0 Å². The quantitative estimate of drug-likeness (QED) is 0.873. The molecule has 0 bridgehead atoms. The Morgan fingerprint density at radius 3 is 2.74 bits per heavy atom. The fraction of sp³-hybridized carbons (Fsp3) is 0.562. The van der Waals surface area contributed by atoms with Crippen molar-refractivity contribution in [1.29, 1.82) is 0 Å². The molecule has 3 N–H and O–H groups in total. The van der Waals surface area contributed by atoms with Crippen molar-refractivity contribution in [2.45, 2.75) is 50.5 Å². The SMILES string of the molecule is NCC1(NC(=O)c2cccc3c2CCC3)CCCC1. The second kappa shape index (κ2) is 4.97. The molecule has 19 heavy (non-hydrogen) atoms. The average Bonchev–Trinajstić information content (AvgIpc) is 3.06. The zero-order valence-corrected chi connectivity index (χ0v) is 11.4. The maximum atomic E-state index is 12.6. The molecule has 0 atom stereocenters. The van der Waals surface area contributed by atoms with E-state index in [1.807, 2.05) is 12.1 Å². The third-order valence-corrected chi connectivity index (χ3v) is 4.72. The van der Waals surface area contributed by atoms with Gasteiger partial charge in [0.25, 0.3) is 5.91 Å². The van der Waals surface area contributed by atoms with Gasteiger partial charge < -0.3 is 11.1 Å². The summed E-state index contributed by atoms with van der Waals surface area (Å²) in [5.41, 5.74) is 9.21. The first-order valence-corrected chi connectivity index (χ1v) is 7.37.